The zero-order valence-electron chi connectivity index (χ0n) is 20.7. The molecule has 1 unspecified atom stereocenters. The summed E-state index contributed by atoms with van der Waals surface area (Å²) in [6, 6.07) is 21.9. The van der Waals surface area contributed by atoms with Gasteiger partial charge >= 0.3 is 0 Å². The lowest BCUT2D eigenvalue weighted by atomic mass is 9.67. The Morgan fingerprint density at radius 3 is 2.11 bits per heavy atom. The Kier molecular flexibility index (Phi) is 5.08. The molecule has 0 aliphatic carbocycles. The van der Waals surface area contributed by atoms with Crippen LogP contribution in [0.2, 0.25) is 0 Å². The SMILES string of the molecule is COc1ccc(CN2C(=O)c3ccccc3[C@](C)(O)C23C(=O)N(C(C)(C)C)c2ccccc23)cc1. The van der Waals surface area contributed by atoms with E-state index in [2.05, 4.69) is 0 Å². The maximum Gasteiger partial charge on any atom is 0.261 e. The topological polar surface area (TPSA) is 70.1 Å². The second-order valence-electron chi connectivity index (χ2n) is 10.4. The van der Waals surface area contributed by atoms with Crippen LogP contribution in [-0.4, -0.2) is 34.5 Å². The van der Waals surface area contributed by atoms with E-state index in [1.807, 2.05) is 69.3 Å². The van der Waals surface area contributed by atoms with Gasteiger partial charge in [0.2, 0.25) is 0 Å². The highest BCUT2D eigenvalue weighted by atomic mass is 16.5. The van der Waals surface area contributed by atoms with Gasteiger partial charge in [-0.1, -0.05) is 48.5 Å². The number of para-hydroxylation sites is 1. The van der Waals surface area contributed by atoms with E-state index in [4.69, 9.17) is 4.74 Å². The van der Waals surface area contributed by atoms with Gasteiger partial charge in [0, 0.05) is 23.2 Å². The summed E-state index contributed by atoms with van der Waals surface area (Å²) < 4.78 is 5.29. The number of rotatable bonds is 3. The summed E-state index contributed by atoms with van der Waals surface area (Å²) >= 11 is 0. The van der Waals surface area contributed by atoms with Crippen LogP contribution in [0.1, 0.15) is 54.7 Å². The van der Waals surface area contributed by atoms with Gasteiger partial charge in [-0.3, -0.25) is 9.59 Å². The van der Waals surface area contributed by atoms with E-state index in [0.717, 1.165) is 5.56 Å². The van der Waals surface area contributed by atoms with Crippen molar-refractivity contribution >= 4 is 17.5 Å². The van der Waals surface area contributed by atoms with Crippen molar-refractivity contribution in [2.24, 2.45) is 0 Å². The van der Waals surface area contributed by atoms with Gasteiger partial charge in [0.25, 0.3) is 11.8 Å². The second-order valence-corrected chi connectivity index (χ2v) is 10.4. The van der Waals surface area contributed by atoms with Gasteiger partial charge in [0.1, 0.15) is 11.4 Å². The molecule has 1 spiro atoms. The van der Waals surface area contributed by atoms with Crippen molar-refractivity contribution in [2.45, 2.75) is 50.9 Å². The standard InChI is InChI=1S/C29H30N2O4/c1-27(2,3)31-24-13-9-8-12-23(24)29(26(31)33)28(4,34)22-11-7-6-10-21(22)25(32)30(29)18-19-14-16-20(35-5)17-15-19/h6-17,34H,18H2,1-5H3/t28-,29?/m0/s1. The van der Waals surface area contributed by atoms with Gasteiger partial charge in [-0.25, -0.2) is 0 Å². The number of benzene rings is 3. The van der Waals surface area contributed by atoms with Crippen molar-refractivity contribution in [2.75, 3.05) is 12.0 Å². The predicted molar refractivity (Wildman–Crippen MR) is 134 cm³/mol. The van der Waals surface area contributed by atoms with Gasteiger partial charge in [0.15, 0.2) is 5.54 Å². The van der Waals surface area contributed by atoms with Crippen LogP contribution >= 0.6 is 0 Å². The summed E-state index contributed by atoms with van der Waals surface area (Å²) in [5.74, 6) is 0.0985. The first kappa shape index (κ1) is 23.1. The van der Waals surface area contributed by atoms with E-state index < -0.39 is 16.7 Å². The third kappa shape index (κ3) is 3.06. The molecule has 2 amide bonds. The molecular formula is C29H30N2O4. The quantitative estimate of drug-likeness (QED) is 0.608. The van der Waals surface area contributed by atoms with Crippen LogP contribution in [0.4, 0.5) is 5.69 Å². The Morgan fingerprint density at radius 2 is 1.49 bits per heavy atom. The average molecular weight is 471 g/mol. The molecule has 2 atom stereocenters. The number of carbonyl (C=O) groups excluding carboxylic acids is 2. The fraction of sp³-hybridized carbons (Fsp3) is 0.310. The van der Waals surface area contributed by atoms with E-state index in [1.165, 1.54) is 0 Å². The minimum absolute atomic E-state index is 0.144. The minimum atomic E-state index is -1.68. The number of amides is 2. The molecule has 5 rings (SSSR count). The molecule has 6 heteroatoms. The number of nitrogens with zero attached hydrogens (tertiary/aromatic N) is 2. The molecule has 35 heavy (non-hydrogen) atoms. The Morgan fingerprint density at radius 1 is 0.886 bits per heavy atom. The lowest BCUT2D eigenvalue weighted by Gasteiger charge is -2.53. The lowest BCUT2D eigenvalue weighted by molar-refractivity contribution is -0.154. The second kappa shape index (κ2) is 7.68. The zero-order chi connectivity index (χ0) is 25.2. The first-order valence-electron chi connectivity index (χ1n) is 11.8. The number of anilines is 1. The van der Waals surface area contributed by atoms with Crippen molar-refractivity contribution in [1.82, 2.24) is 4.90 Å². The molecular weight excluding hydrogens is 440 g/mol. The molecule has 0 bridgehead atoms. The molecule has 0 saturated heterocycles. The highest BCUT2D eigenvalue weighted by Gasteiger charge is 2.69. The number of fused-ring (bicyclic) bond motifs is 3. The van der Waals surface area contributed by atoms with Crippen molar-refractivity contribution in [3.05, 3.63) is 95.1 Å². The molecule has 1 N–H and O–H groups in total. The first-order valence-corrected chi connectivity index (χ1v) is 11.8. The fourth-order valence-electron chi connectivity index (χ4n) is 5.71. The number of hydrogen-bond donors (Lipinski definition) is 1. The molecule has 2 aliphatic heterocycles. The highest BCUT2D eigenvalue weighted by Crippen LogP contribution is 2.58. The molecule has 180 valence electrons. The maximum atomic E-state index is 14.6. The molecule has 3 aromatic carbocycles. The summed E-state index contributed by atoms with van der Waals surface area (Å²) in [6.45, 7) is 7.68. The van der Waals surface area contributed by atoms with Gasteiger partial charge in [0.05, 0.1) is 12.8 Å². The van der Waals surface area contributed by atoms with Gasteiger partial charge in [-0.05, 0) is 63.1 Å². The number of carbonyl (C=O) groups is 2. The lowest BCUT2D eigenvalue weighted by Crippen LogP contribution is -2.68. The molecule has 0 aromatic heterocycles. The summed E-state index contributed by atoms with van der Waals surface area (Å²) in [5.41, 5.74) is -0.879. The molecule has 3 aromatic rings. The fourth-order valence-corrected chi connectivity index (χ4v) is 5.71. The van der Waals surface area contributed by atoms with E-state index in [0.29, 0.717) is 28.1 Å². The smallest absolute Gasteiger partial charge is 0.261 e. The van der Waals surface area contributed by atoms with Gasteiger partial charge in [-0.2, -0.15) is 0 Å². The van der Waals surface area contributed by atoms with Crippen molar-refractivity contribution in [3.63, 3.8) is 0 Å². The summed E-state index contributed by atoms with van der Waals surface area (Å²) in [6.07, 6.45) is 0. The molecule has 0 fully saturated rings. The largest absolute Gasteiger partial charge is 0.497 e. The predicted octanol–water partition coefficient (Wildman–Crippen LogP) is 4.60. The van der Waals surface area contributed by atoms with E-state index >= 15 is 0 Å². The van der Waals surface area contributed by atoms with E-state index in [9.17, 15) is 14.7 Å². The van der Waals surface area contributed by atoms with Crippen molar-refractivity contribution in [3.8, 4) is 5.75 Å². The van der Waals surface area contributed by atoms with E-state index in [-0.39, 0.29) is 18.4 Å². The molecule has 0 radical (unpaired) electrons. The minimum Gasteiger partial charge on any atom is -0.497 e. The summed E-state index contributed by atoms with van der Waals surface area (Å²) in [7, 11) is 1.60. The van der Waals surface area contributed by atoms with Crippen molar-refractivity contribution < 1.29 is 19.4 Å². The van der Waals surface area contributed by atoms with Crippen LogP contribution in [0.5, 0.6) is 5.75 Å². The third-order valence-electron chi connectivity index (χ3n) is 7.25. The Balaban J connectivity index is 1.81. The van der Waals surface area contributed by atoms with Gasteiger partial charge < -0.3 is 19.6 Å². The zero-order valence-corrected chi connectivity index (χ0v) is 20.7. The summed E-state index contributed by atoms with van der Waals surface area (Å²) in [5, 5.41) is 12.4. The van der Waals surface area contributed by atoms with Crippen LogP contribution in [0.25, 0.3) is 0 Å². The van der Waals surface area contributed by atoms with Gasteiger partial charge in [-0.15, -0.1) is 0 Å². The molecule has 6 nitrogen and oxygen atoms in total. The Hall–Kier alpha value is -3.64. The number of aliphatic hydroxyl groups is 1. The number of hydrogen-bond acceptors (Lipinski definition) is 4. The molecule has 2 heterocycles. The summed E-state index contributed by atoms with van der Waals surface area (Å²) in [4.78, 5) is 32.0. The first-order chi connectivity index (χ1) is 16.5. The van der Waals surface area contributed by atoms with Crippen LogP contribution in [-0.2, 0) is 22.5 Å². The highest BCUT2D eigenvalue weighted by molar-refractivity contribution is 6.14. The average Bonchev–Trinajstić information content (AvgIpc) is 3.11. The van der Waals surface area contributed by atoms with Crippen LogP contribution in [0.3, 0.4) is 0 Å². The van der Waals surface area contributed by atoms with Crippen LogP contribution in [0.15, 0.2) is 72.8 Å². The maximum absolute atomic E-state index is 14.6. The monoisotopic (exact) mass is 470 g/mol. The van der Waals surface area contributed by atoms with Crippen LogP contribution in [0, 0.1) is 0 Å². The van der Waals surface area contributed by atoms with E-state index in [1.54, 1.807) is 48.1 Å². The van der Waals surface area contributed by atoms with Crippen LogP contribution < -0.4 is 9.64 Å². The Labute approximate surface area is 205 Å². The number of ether oxygens (including phenoxy) is 1. The molecule has 0 saturated carbocycles. The number of methoxy groups -OCH3 is 1. The Bertz CT molecular complexity index is 1320. The third-order valence-corrected chi connectivity index (χ3v) is 7.25. The molecule has 2 aliphatic rings. The van der Waals surface area contributed by atoms with Crippen molar-refractivity contribution in [1.29, 1.82) is 0 Å². The normalized spacial score (nSPS) is 23.5.